The first-order valence-electron chi connectivity index (χ1n) is 26.5. The maximum atomic E-state index is 9.25. The van der Waals surface area contributed by atoms with Crippen molar-refractivity contribution in [2.45, 2.75) is 295 Å². The molecule has 0 saturated carbocycles. The van der Waals surface area contributed by atoms with Crippen LogP contribution in [0.2, 0.25) is 0 Å². The highest BCUT2D eigenvalue weighted by atomic mass is 16.5. The molecule has 0 unspecified atom stereocenters. The van der Waals surface area contributed by atoms with Gasteiger partial charge in [0.1, 0.15) is 0 Å². The number of benzene rings is 1. The standard InChI is InChI=1S/C18H38.C16H34.C10H12O2.C10H18.2C2H6/c1-3-5-7-9-11-13-15-17-18-16-14-12-10-8-6-4-2;1-3-5-7-9-11-13-15-16-14-12-10-8-6-4-2;1-3-4-8-5-6-9(11)10(7-8)12-2;1-5-10(4)8-6-7-9(2)3;2*1-2/h3-18H2,1-2H3;3-16H2,1-2H3;3,5-7,11H,1,4H2,2H3;5,7H,6,8H2,1-4H3;2*1-2H3/b;;;10-5+;;. The normalized spacial score (nSPS) is 10.2. The van der Waals surface area contributed by atoms with Gasteiger partial charge in [0.2, 0.25) is 0 Å². The summed E-state index contributed by atoms with van der Waals surface area (Å²) in [4.78, 5) is 0. The van der Waals surface area contributed by atoms with Gasteiger partial charge in [0.05, 0.1) is 7.11 Å². The van der Waals surface area contributed by atoms with Crippen molar-refractivity contribution in [2.24, 2.45) is 0 Å². The molecule has 0 aromatic heterocycles. The number of rotatable bonds is 34. The Hall–Kier alpha value is -1.96. The highest BCUT2D eigenvalue weighted by Crippen LogP contribution is 2.26. The SMILES string of the molecule is C/C=C(\C)CCC=C(C)C.C=CCc1ccc(O)c(OC)c1.CC.CC.CCCCCCCCCCCCCCCC.CCCCCCCCCCCCCCCCCC. The first-order valence-corrected chi connectivity index (χ1v) is 26.5. The lowest BCUT2D eigenvalue weighted by Gasteiger charge is -2.04. The molecular formula is C58H114O2. The lowest BCUT2D eigenvalue weighted by atomic mass is 10.0. The van der Waals surface area contributed by atoms with Crippen LogP contribution in [0.3, 0.4) is 0 Å². The van der Waals surface area contributed by atoms with Crippen molar-refractivity contribution in [3.63, 3.8) is 0 Å². The minimum atomic E-state index is 0.172. The van der Waals surface area contributed by atoms with Crippen LogP contribution in [0.25, 0.3) is 0 Å². The van der Waals surface area contributed by atoms with Crippen molar-refractivity contribution in [3.05, 3.63) is 59.7 Å². The number of methoxy groups -OCH3 is 1. The second kappa shape index (κ2) is 63.7. The third-order valence-corrected chi connectivity index (χ3v) is 10.6. The molecule has 0 aliphatic carbocycles. The molecule has 1 rings (SSSR count). The van der Waals surface area contributed by atoms with Gasteiger partial charge in [-0.15, -0.1) is 6.58 Å². The number of phenolic OH excluding ortho intramolecular Hbond substituents is 1. The first-order chi connectivity index (χ1) is 29.3. The molecule has 0 bridgehead atoms. The number of ether oxygens (including phenoxy) is 1. The molecule has 0 saturated heterocycles. The number of hydrogen-bond acceptors (Lipinski definition) is 2. The van der Waals surface area contributed by atoms with E-state index in [0.29, 0.717) is 5.75 Å². The van der Waals surface area contributed by atoms with Crippen molar-refractivity contribution >= 4 is 0 Å². The Labute approximate surface area is 381 Å². The highest BCUT2D eigenvalue weighted by molar-refractivity contribution is 5.42. The summed E-state index contributed by atoms with van der Waals surface area (Å²) in [5.74, 6) is 0.680. The minimum Gasteiger partial charge on any atom is -0.504 e. The van der Waals surface area contributed by atoms with Gasteiger partial charge in [-0.25, -0.2) is 0 Å². The Kier molecular flexibility index (Phi) is 71.2. The number of aromatic hydroxyl groups is 1. The van der Waals surface area contributed by atoms with Crippen molar-refractivity contribution in [1.82, 2.24) is 0 Å². The molecule has 0 aliphatic rings. The molecule has 1 N–H and O–H groups in total. The maximum Gasteiger partial charge on any atom is 0.160 e. The summed E-state index contributed by atoms with van der Waals surface area (Å²) in [5, 5.41) is 9.25. The van der Waals surface area contributed by atoms with E-state index in [2.05, 4.69) is 74.1 Å². The fourth-order valence-electron chi connectivity index (χ4n) is 6.64. The van der Waals surface area contributed by atoms with Gasteiger partial charge in [-0.1, -0.05) is 283 Å². The predicted molar refractivity (Wildman–Crippen MR) is 281 cm³/mol. The van der Waals surface area contributed by atoms with Crippen molar-refractivity contribution < 1.29 is 9.84 Å². The maximum absolute atomic E-state index is 9.25. The van der Waals surface area contributed by atoms with Gasteiger partial charge >= 0.3 is 0 Å². The summed E-state index contributed by atoms with van der Waals surface area (Å²) in [7, 11) is 1.53. The number of allylic oxidation sites excluding steroid dienone is 5. The van der Waals surface area contributed by atoms with Crippen LogP contribution in [0.15, 0.2) is 54.2 Å². The molecule has 0 heterocycles. The van der Waals surface area contributed by atoms with Crippen LogP contribution in [-0.2, 0) is 6.42 Å². The van der Waals surface area contributed by atoms with Gasteiger partial charge in [-0.3, -0.25) is 0 Å². The van der Waals surface area contributed by atoms with Gasteiger partial charge < -0.3 is 9.84 Å². The molecule has 0 fully saturated rings. The lowest BCUT2D eigenvalue weighted by molar-refractivity contribution is 0.373. The molecule has 1 aromatic carbocycles. The van der Waals surface area contributed by atoms with E-state index in [9.17, 15) is 5.11 Å². The zero-order valence-electron chi connectivity index (χ0n) is 43.9. The second-order valence-corrected chi connectivity index (χ2v) is 16.6. The molecule has 358 valence electrons. The Bertz CT molecular complexity index is 923. The van der Waals surface area contributed by atoms with Crippen molar-refractivity contribution in [1.29, 1.82) is 0 Å². The smallest absolute Gasteiger partial charge is 0.160 e. The lowest BCUT2D eigenvalue weighted by Crippen LogP contribution is -1.86. The van der Waals surface area contributed by atoms with Crippen molar-refractivity contribution in [2.75, 3.05) is 7.11 Å². The average molecular weight is 844 g/mol. The van der Waals surface area contributed by atoms with E-state index in [4.69, 9.17) is 4.74 Å². The van der Waals surface area contributed by atoms with Gasteiger partial charge in [-0.05, 0) is 64.7 Å². The summed E-state index contributed by atoms with van der Waals surface area (Å²) in [5.41, 5.74) is 3.99. The first kappa shape index (κ1) is 67.1. The third kappa shape index (κ3) is 62.7. The van der Waals surface area contributed by atoms with Crippen LogP contribution in [0.1, 0.15) is 294 Å². The van der Waals surface area contributed by atoms with Gasteiger partial charge in [0, 0.05) is 0 Å². The topological polar surface area (TPSA) is 29.5 Å². The Morgan fingerprint density at radius 3 is 1.07 bits per heavy atom. The molecule has 0 spiro atoms. The van der Waals surface area contributed by atoms with Crippen LogP contribution >= 0.6 is 0 Å². The quantitative estimate of drug-likeness (QED) is 0.0553. The molecule has 0 atom stereocenters. The van der Waals surface area contributed by atoms with Gasteiger partial charge in [0.25, 0.3) is 0 Å². The molecular weight excluding hydrogens is 729 g/mol. The number of unbranched alkanes of at least 4 members (excludes halogenated alkanes) is 28. The molecule has 2 nitrogen and oxygen atoms in total. The minimum absolute atomic E-state index is 0.172. The van der Waals surface area contributed by atoms with Crippen LogP contribution < -0.4 is 4.74 Å². The molecule has 0 radical (unpaired) electrons. The Morgan fingerprint density at radius 2 is 0.833 bits per heavy atom. The van der Waals surface area contributed by atoms with Crippen LogP contribution in [0.5, 0.6) is 11.5 Å². The van der Waals surface area contributed by atoms with E-state index in [1.54, 1.807) is 12.1 Å². The molecule has 60 heavy (non-hydrogen) atoms. The summed E-state index contributed by atoms with van der Waals surface area (Å²) in [6.07, 6.45) is 53.3. The summed E-state index contributed by atoms with van der Waals surface area (Å²) < 4.78 is 4.95. The molecule has 0 aliphatic heterocycles. The van der Waals surface area contributed by atoms with Crippen molar-refractivity contribution in [3.8, 4) is 11.5 Å². The molecule has 0 amide bonds. The number of hydrogen-bond donors (Lipinski definition) is 1. The van der Waals surface area contributed by atoms with E-state index in [-0.39, 0.29) is 5.75 Å². The molecule has 1 aromatic rings. The number of phenols is 1. The second-order valence-electron chi connectivity index (χ2n) is 16.6. The fourth-order valence-corrected chi connectivity index (χ4v) is 6.64. The largest absolute Gasteiger partial charge is 0.504 e. The average Bonchev–Trinajstić information content (AvgIpc) is 3.27. The van der Waals surface area contributed by atoms with Crippen LogP contribution in [0, 0.1) is 0 Å². The Balaban J connectivity index is -0.000000222. The summed E-state index contributed by atoms with van der Waals surface area (Å²) in [6.45, 7) is 29.4. The van der Waals surface area contributed by atoms with E-state index in [0.717, 1.165) is 12.0 Å². The van der Waals surface area contributed by atoms with E-state index in [1.807, 2.05) is 39.8 Å². The van der Waals surface area contributed by atoms with E-state index in [1.165, 1.54) is 224 Å². The monoisotopic (exact) mass is 843 g/mol. The fraction of sp³-hybridized carbons (Fsp3) is 0.793. The highest BCUT2D eigenvalue weighted by Gasteiger charge is 2.00. The predicted octanol–water partition coefficient (Wildman–Crippen LogP) is 21.6. The van der Waals surface area contributed by atoms with E-state index >= 15 is 0 Å². The summed E-state index contributed by atoms with van der Waals surface area (Å²) >= 11 is 0. The van der Waals surface area contributed by atoms with Crippen LogP contribution in [0.4, 0.5) is 0 Å². The zero-order chi connectivity index (χ0) is 46.2. The Morgan fingerprint density at radius 1 is 0.533 bits per heavy atom. The van der Waals surface area contributed by atoms with Gasteiger partial charge in [-0.2, -0.15) is 0 Å². The van der Waals surface area contributed by atoms with E-state index < -0.39 is 0 Å². The zero-order valence-corrected chi connectivity index (χ0v) is 43.9. The molecule has 2 heteroatoms. The summed E-state index contributed by atoms with van der Waals surface area (Å²) in [6, 6.07) is 5.27. The third-order valence-electron chi connectivity index (χ3n) is 10.6. The van der Waals surface area contributed by atoms with Gasteiger partial charge in [0.15, 0.2) is 11.5 Å². The van der Waals surface area contributed by atoms with Crippen LogP contribution in [-0.4, -0.2) is 12.2 Å².